The van der Waals surface area contributed by atoms with Gasteiger partial charge in [0.05, 0.1) is 6.54 Å². The average Bonchev–Trinajstić information content (AvgIpc) is 3.12. The summed E-state index contributed by atoms with van der Waals surface area (Å²) in [5.41, 5.74) is -3.18. The summed E-state index contributed by atoms with van der Waals surface area (Å²) in [5, 5.41) is 16.4. The summed E-state index contributed by atoms with van der Waals surface area (Å²) in [4.78, 5) is 10.7. The van der Waals surface area contributed by atoms with Crippen molar-refractivity contribution in [2.24, 2.45) is 12.0 Å². The second kappa shape index (κ2) is 11.7. The molecule has 1 aliphatic rings. The van der Waals surface area contributed by atoms with Gasteiger partial charge in [0.2, 0.25) is 5.60 Å². The van der Waals surface area contributed by atoms with E-state index in [0.717, 1.165) is 13.1 Å². The van der Waals surface area contributed by atoms with Crippen LogP contribution in [-0.2, 0) is 12.6 Å². The van der Waals surface area contributed by atoms with Crippen molar-refractivity contribution in [1.82, 2.24) is 25.1 Å². The van der Waals surface area contributed by atoms with Gasteiger partial charge >= 0.3 is 6.18 Å². The Balaban J connectivity index is 0.00000480. The molecule has 2 rings (SSSR count). The molecule has 0 bridgehead atoms. The van der Waals surface area contributed by atoms with Gasteiger partial charge in [-0.3, -0.25) is 9.89 Å². The van der Waals surface area contributed by atoms with Gasteiger partial charge in [-0.2, -0.15) is 13.2 Å². The number of hydrogen-bond acceptors (Lipinski definition) is 4. The summed E-state index contributed by atoms with van der Waals surface area (Å²) in [6.45, 7) is 9.23. The first-order valence-electron chi connectivity index (χ1n) is 10.6. The zero-order valence-electron chi connectivity index (χ0n) is 18.8. The molecule has 0 radical (unpaired) electrons. The quantitative estimate of drug-likeness (QED) is 0.259. The number of aryl methyl sites for hydroxylation is 1. The van der Waals surface area contributed by atoms with Gasteiger partial charge in [-0.05, 0) is 46.7 Å². The summed E-state index contributed by atoms with van der Waals surface area (Å²) in [6, 6.07) is 0. The van der Waals surface area contributed by atoms with Crippen LogP contribution in [0.15, 0.2) is 17.4 Å². The molecule has 0 saturated carbocycles. The van der Waals surface area contributed by atoms with Crippen molar-refractivity contribution in [3.8, 4) is 0 Å². The van der Waals surface area contributed by atoms with Gasteiger partial charge in [0.15, 0.2) is 5.96 Å². The molecule has 0 aliphatic carbocycles. The van der Waals surface area contributed by atoms with Crippen molar-refractivity contribution in [3.63, 3.8) is 0 Å². The molecule has 1 atom stereocenters. The number of aromatic nitrogens is 2. The number of imidazole rings is 1. The molecule has 1 unspecified atom stereocenters. The highest BCUT2D eigenvalue weighted by atomic mass is 127. The molecule has 0 amide bonds. The van der Waals surface area contributed by atoms with Gasteiger partial charge in [-0.25, -0.2) is 4.98 Å². The summed E-state index contributed by atoms with van der Waals surface area (Å²) < 4.78 is 42.1. The molecule has 0 aromatic carbocycles. The average molecular weight is 560 g/mol. The van der Waals surface area contributed by atoms with Gasteiger partial charge in [0, 0.05) is 44.5 Å². The Morgan fingerprint density at radius 3 is 2.35 bits per heavy atom. The fourth-order valence-corrected chi connectivity index (χ4v) is 3.72. The third kappa shape index (κ3) is 7.21. The number of aliphatic hydroxyl groups is 1. The van der Waals surface area contributed by atoms with Crippen LogP contribution >= 0.6 is 24.0 Å². The third-order valence-electron chi connectivity index (χ3n) is 5.62. The third-order valence-corrected chi connectivity index (χ3v) is 5.62. The molecule has 1 aromatic rings. The van der Waals surface area contributed by atoms with Crippen molar-refractivity contribution in [2.45, 2.75) is 63.8 Å². The van der Waals surface area contributed by atoms with E-state index in [0.29, 0.717) is 19.0 Å². The fraction of sp³-hybridized carbons (Fsp3) is 0.800. The molecular weight excluding hydrogens is 524 g/mol. The van der Waals surface area contributed by atoms with Gasteiger partial charge < -0.3 is 20.3 Å². The molecule has 31 heavy (non-hydrogen) atoms. The predicted octanol–water partition coefficient (Wildman–Crippen LogP) is 3.00. The standard InChI is InChI=1S/C20H35F3N6O.HI/c1-5-24-17(27-15-18(2,3)29-12-7-6-8-13-29)26-10-9-19(30,20(21,22)23)16-25-11-14-28(16)4;/h11,14,30H,5-10,12-13,15H2,1-4H3,(H2,24,26,27);1H. The Morgan fingerprint density at radius 2 is 1.84 bits per heavy atom. The predicted molar refractivity (Wildman–Crippen MR) is 127 cm³/mol. The van der Waals surface area contributed by atoms with Gasteiger partial charge in [-0.1, -0.05) is 6.42 Å². The number of alkyl halides is 3. The van der Waals surface area contributed by atoms with E-state index in [2.05, 4.69) is 39.4 Å². The maximum absolute atomic E-state index is 13.6. The Hall–Kier alpha value is -1.08. The normalized spacial score (nSPS) is 18.3. The van der Waals surface area contributed by atoms with Crippen LogP contribution in [-0.4, -0.2) is 70.0 Å². The van der Waals surface area contributed by atoms with Crippen LogP contribution in [0.4, 0.5) is 13.2 Å². The Labute approximate surface area is 199 Å². The maximum atomic E-state index is 13.6. The molecule has 1 saturated heterocycles. The zero-order valence-corrected chi connectivity index (χ0v) is 21.1. The van der Waals surface area contributed by atoms with E-state index in [1.165, 1.54) is 43.3 Å². The molecule has 3 N–H and O–H groups in total. The first-order valence-corrected chi connectivity index (χ1v) is 10.6. The first-order chi connectivity index (χ1) is 14.0. The minimum atomic E-state index is -4.85. The topological polar surface area (TPSA) is 77.7 Å². The number of rotatable bonds is 8. The van der Waals surface area contributed by atoms with Crippen molar-refractivity contribution in [3.05, 3.63) is 18.2 Å². The van der Waals surface area contributed by atoms with E-state index in [9.17, 15) is 18.3 Å². The summed E-state index contributed by atoms with van der Waals surface area (Å²) in [5.74, 6) is 0.0110. The molecule has 1 fully saturated rings. The number of piperidine rings is 1. The fourth-order valence-electron chi connectivity index (χ4n) is 3.72. The van der Waals surface area contributed by atoms with Gasteiger partial charge in [0.1, 0.15) is 5.82 Å². The molecule has 7 nitrogen and oxygen atoms in total. The highest BCUT2D eigenvalue weighted by molar-refractivity contribution is 14.0. The minimum absolute atomic E-state index is 0. The molecule has 2 heterocycles. The van der Waals surface area contributed by atoms with Gasteiger partial charge in [-0.15, -0.1) is 24.0 Å². The molecule has 1 aromatic heterocycles. The maximum Gasteiger partial charge on any atom is 0.424 e. The number of halogens is 4. The number of likely N-dealkylation sites (tertiary alicyclic amines) is 1. The first kappa shape index (κ1) is 28.0. The highest BCUT2D eigenvalue weighted by Gasteiger charge is 2.57. The largest absolute Gasteiger partial charge is 0.424 e. The van der Waals surface area contributed by atoms with Crippen molar-refractivity contribution in [2.75, 3.05) is 32.7 Å². The smallest absolute Gasteiger partial charge is 0.374 e. The molecule has 11 heteroatoms. The Bertz CT molecular complexity index is 703. The van der Waals surface area contributed by atoms with E-state index < -0.39 is 24.0 Å². The van der Waals surface area contributed by atoms with Gasteiger partial charge in [0.25, 0.3) is 0 Å². The van der Waals surface area contributed by atoms with Crippen LogP contribution in [0, 0.1) is 0 Å². The lowest BCUT2D eigenvalue weighted by atomic mass is 9.97. The molecule has 1 aliphatic heterocycles. The molecule has 0 spiro atoms. The molecule has 180 valence electrons. The van der Waals surface area contributed by atoms with E-state index in [1.54, 1.807) is 0 Å². The monoisotopic (exact) mass is 560 g/mol. The zero-order chi connectivity index (χ0) is 22.4. The lowest BCUT2D eigenvalue weighted by molar-refractivity contribution is -0.272. The summed E-state index contributed by atoms with van der Waals surface area (Å²) >= 11 is 0. The SMILES string of the molecule is CCNC(=NCC(C)(C)N1CCCCC1)NCCC(O)(c1nccn1C)C(F)(F)F.I. The lowest BCUT2D eigenvalue weighted by Crippen LogP contribution is -2.50. The molecular formula is C20H36F3IN6O. The Kier molecular flexibility index (Phi) is 10.5. The van der Waals surface area contributed by atoms with E-state index >= 15 is 0 Å². The number of hydrogen-bond donors (Lipinski definition) is 3. The van der Waals surface area contributed by atoms with Crippen LogP contribution in [0.1, 0.15) is 52.3 Å². The number of guanidine groups is 1. The summed E-state index contributed by atoms with van der Waals surface area (Å²) in [7, 11) is 1.43. The van der Waals surface area contributed by atoms with Crippen LogP contribution in [0.3, 0.4) is 0 Å². The van der Waals surface area contributed by atoms with Crippen molar-refractivity contribution in [1.29, 1.82) is 0 Å². The highest BCUT2D eigenvalue weighted by Crippen LogP contribution is 2.40. The second-order valence-corrected chi connectivity index (χ2v) is 8.45. The van der Waals surface area contributed by atoms with Crippen molar-refractivity contribution < 1.29 is 18.3 Å². The van der Waals surface area contributed by atoms with Crippen LogP contribution in [0.25, 0.3) is 0 Å². The van der Waals surface area contributed by atoms with Crippen LogP contribution in [0.2, 0.25) is 0 Å². The summed E-state index contributed by atoms with van der Waals surface area (Å²) in [6.07, 6.45) is 0.795. The minimum Gasteiger partial charge on any atom is -0.374 e. The van der Waals surface area contributed by atoms with E-state index in [-0.39, 0.29) is 36.1 Å². The lowest BCUT2D eigenvalue weighted by Gasteiger charge is -2.40. The van der Waals surface area contributed by atoms with E-state index in [1.807, 2.05) is 6.92 Å². The second-order valence-electron chi connectivity index (χ2n) is 8.45. The van der Waals surface area contributed by atoms with Crippen LogP contribution in [0.5, 0.6) is 0 Å². The number of nitrogens with zero attached hydrogens (tertiary/aromatic N) is 4. The van der Waals surface area contributed by atoms with E-state index in [4.69, 9.17) is 0 Å². The van der Waals surface area contributed by atoms with Crippen molar-refractivity contribution >= 4 is 29.9 Å². The van der Waals surface area contributed by atoms with Crippen LogP contribution < -0.4 is 10.6 Å². The number of nitrogens with one attached hydrogen (secondary N) is 2. The Morgan fingerprint density at radius 1 is 1.19 bits per heavy atom. The number of aliphatic imine (C=N–C) groups is 1.